The first-order valence-electron chi connectivity index (χ1n) is 13.7. The Morgan fingerprint density at radius 3 is 2.07 bits per heavy atom. The van der Waals surface area contributed by atoms with Crippen molar-refractivity contribution in [3.8, 4) is 0 Å². The van der Waals surface area contributed by atoms with Crippen LogP contribution in [0.2, 0.25) is 0 Å². The minimum absolute atomic E-state index is 0.0370. The Hall–Kier alpha value is -4.45. The van der Waals surface area contributed by atoms with Crippen LogP contribution >= 0.6 is 0 Å². The molecule has 0 unspecified atom stereocenters. The van der Waals surface area contributed by atoms with Crippen molar-refractivity contribution < 1.29 is 24.3 Å². The highest BCUT2D eigenvalue weighted by molar-refractivity contribution is 5.94. The van der Waals surface area contributed by atoms with Gasteiger partial charge < -0.3 is 37.8 Å². The molecule has 2 aromatic carbocycles. The number of carboxylic acids is 1. The smallest absolute Gasteiger partial charge is 0.326 e. The van der Waals surface area contributed by atoms with Crippen molar-refractivity contribution in [2.45, 2.75) is 62.7 Å². The van der Waals surface area contributed by atoms with E-state index in [1.165, 1.54) is 4.90 Å². The molecule has 1 saturated heterocycles. The molecule has 0 bridgehead atoms. The molecule has 4 atom stereocenters. The van der Waals surface area contributed by atoms with Gasteiger partial charge in [0.2, 0.25) is 17.7 Å². The second kappa shape index (κ2) is 15.4. The Kier molecular flexibility index (Phi) is 11.6. The van der Waals surface area contributed by atoms with E-state index in [0.29, 0.717) is 38.8 Å². The summed E-state index contributed by atoms with van der Waals surface area (Å²) in [7, 11) is 0. The summed E-state index contributed by atoms with van der Waals surface area (Å²) in [6, 6.07) is 14.2. The van der Waals surface area contributed by atoms with Gasteiger partial charge in [0.25, 0.3) is 0 Å². The van der Waals surface area contributed by atoms with Gasteiger partial charge in [-0.3, -0.25) is 19.4 Å². The van der Waals surface area contributed by atoms with Crippen molar-refractivity contribution in [1.82, 2.24) is 15.5 Å². The van der Waals surface area contributed by atoms with Gasteiger partial charge in [0, 0.05) is 25.9 Å². The zero-order valence-corrected chi connectivity index (χ0v) is 22.9. The monoisotopic (exact) mass is 565 g/mol. The minimum atomic E-state index is -1.19. The summed E-state index contributed by atoms with van der Waals surface area (Å²) >= 11 is 0. The van der Waals surface area contributed by atoms with E-state index >= 15 is 0 Å². The molecule has 3 rings (SSSR count). The van der Waals surface area contributed by atoms with Crippen LogP contribution in [0.5, 0.6) is 0 Å². The van der Waals surface area contributed by atoms with Crippen LogP contribution in [0, 0.1) is 0 Å². The third kappa shape index (κ3) is 9.60. The Morgan fingerprint density at radius 1 is 0.927 bits per heavy atom. The molecule has 0 radical (unpaired) electrons. The quantitative estimate of drug-likeness (QED) is 0.103. The molecular weight excluding hydrogens is 526 g/mol. The van der Waals surface area contributed by atoms with Crippen LogP contribution in [-0.2, 0) is 32.0 Å². The third-order valence-corrected chi connectivity index (χ3v) is 6.94. The molecule has 0 spiro atoms. The lowest BCUT2D eigenvalue weighted by Crippen LogP contribution is -2.57. The average molecular weight is 566 g/mol. The molecule has 1 heterocycles. The van der Waals surface area contributed by atoms with E-state index in [9.17, 15) is 24.3 Å². The molecule has 41 heavy (non-hydrogen) atoms. The van der Waals surface area contributed by atoms with E-state index in [0.717, 1.165) is 11.1 Å². The van der Waals surface area contributed by atoms with Crippen molar-refractivity contribution in [3.05, 3.63) is 71.8 Å². The number of aliphatic imine (C=N–C) groups is 1. The van der Waals surface area contributed by atoms with E-state index < -0.39 is 42.0 Å². The summed E-state index contributed by atoms with van der Waals surface area (Å²) < 4.78 is 0. The normalized spacial score (nSPS) is 16.7. The minimum Gasteiger partial charge on any atom is -0.480 e. The van der Waals surface area contributed by atoms with Crippen LogP contribution in [0.1, 0.15) is 36.8 Å². The summed E-state index contributed by atoms with van der Waals surface area (Å²) in [5.74, 6) is -2.70. The number of nitrogens with one attached hydrogen (secondary N) is 2. The maximum absolute atomic E-state index is 13.4. The second-order valence-corrected chi connectivity index (χ2v) is 10.1. The van der Waals surface area contributed by atoms with Crippen LogP contribution in [0.4, 0.5) is 0 Å². The van der Waals surface area contributed by atoms with Gasteiger partial charge >= 0.3 is 5.97 Å². The summed E-state index contributed by atoms with van der Waals surface area (Å²) in [6.45, 7) is 0.706. The molecule has 0 aliphatic carbocycles. The fourth-order valence-electron chi connectivity index (χ4n) is 4.81. The predicted molar refractivity (Wildman–Crippen MR) is 154 cm³/mol. The van der Waals surface area contributed by atoms with Crippen LogP contribution in [-0.4, -0.2) is 76.9 Å². The standard InChI is InChI=1S/C29H39N7O5/c30-21(13-7-15-33-29(31)32)27(39)36-16-8-14-24(36)26(38)34-22(17-19-9-3-1-4-10-19)25(37)35-23(28(40)41)18-20-11-5-2-6-12-20/h1-6,9-12,21-24H,7-8,13-18,30H2,(H,34,38)(H,35,37)(H,40,41)(H4,31,32,33)/t21-,22-,23-,24-/m0/s1. The molecule has 0 saturated carbocycles. The maximum Gasteiger partial charge on any atom is 0.326 e. The van der Waals surface area contributed by atoms with E-state index in [2.05, 4.69) is 15.6 Å². The van der Waals surface area contributed by atoms with Gasteiger partial charge in [-0.25, -0.2) is 4.79 Å². The van der Waals surface area contributed by atoms with Crippen molar-refractivity contribution in [3.63, 3.8) is 0 Å². The van der Waals surface area contributed by atoms with Crippen LogP contribution < -0.4 is 27.8 Å². The Bertz CT molecular complexity index is 1200. The highest BCUT2D eigenvalue weighted by atomic mass is 16.4. The number of hydrogen-bond acceptors (Lipinski definition) is 6. The zero-order valence-electron chi connectivity index (χ0n) is 22.9. The first-order chi connectivity index (χ1) is 19.7. The van der Waals surface area contributed by atoms with E-state index in [-0.39, 0.29) is 24.7 Å². The van der Waals surface area contributed by atoms with Gasteiger partial charge in [-0.05, 0) is 36.8 Å². The van der Waals surface area contributed by atoms with Gasteiger partial charge in [-0.2, -0.15) is 0 Å². The first kappa shape index (κ1) is 31.1. The topological polar surface area (TPSA) is 206 Å². The number of nitrogens with two attached hydrogens (primary N) is 3. The number of benzene rings is 2. The van der Waals surface area contributed by atoms with Crippen molar-refractivity contribution in [2.75, 3.05) is 13.1 Å². The lowest BCUT2D eigenvalue weighted by Gasteiger charge is -2.28. The highest BCUT2D eigenvalue weighted by Crippen LogP contribution is 2.20. The molecule has 1 aliphatic rings. The molecule has 1 fully saturated rings. The summed E-state index contributed by atoms with van der Waals surface area (Å²) in [5, 5.41) is 15.2. The molecule has 0 aromatic heterocycles. The number of carboxylic acid groups (broad SMARTS) is 1. The van der Waals surface area contributed by atoms with Gasteiger partial charge in [0.1, 0.15) is 18.1 Å². The van der Waals surface area contributed by atoms with Gasteiger partial charge in [-0.1, -0.05) is 60.7 Å². The number of carbonyl (C=O) groups excluding carboxylic acids is 3. The maximum atomic E-state index is 13.4. The summed E-state index contributed by atoms with van der Waals surface area (Å²) in [4.78, 5) is 57.3. The van der Waals surface area contributed by atoms with Crippen molar-refractivity contribution in [2.24, 2.45) is 22.2 Å². The third-order valence-electron chi connectivity index (χ3n) is 6.94. The van der Waals surface area contributed by atoms with Crippen LogP contribution in [0.3, 0.4) is 0 Å². The van der Waals surface area contributed by atoms with Gasteiger partial charge in [0.15, 0.2) is 5.96 Å². The molecule has 9 N–H and O–H groups in total. The SMILES string of the molecule is NC(N)=NCCC[C@H](N)C(=O)N1CCC[C@H]1C(=O)N[C@@H](Cc1ccccc1)C(=O)N[C@@H](Cc1ccccc1)C(=O)O. The van der Waals surface area contributed by atoms with Crippen LogP contribution in [0.25, 0.3) is 0 Å². The van der Waals surface area contributed by atoms with E-state index in [1.807, 2.05) is 36.4 Å². The zero-order chi connectivity index (χ0) is 29.8. The predicted octanol–water partition coefficient (Wildman–Crippen LogP) is -0.102. The molecule has 12 nitrogen and oxygen atoms in total. The molecule has 3 amide bonds. The van der Waals surface area contributed by atoms with Crippen molar-refractivity contribution >= 4 is 29.7 Å². The summed E-state index contributed by atoms with van der Waals surface area (Å²) in [6.07, 6.45) is 2.10. The number of rotatable bonds is 14. The fourth-order valence-corrected chi connectivity index (χ4v) is 4.81. The Morgan fingerprint density at radius 2 is 1.51 bits per heavy atom. The first-order valence-corrected chi connectivity index (χ1v) is 13.7. The fraction of sp³-hybridized carbons (Fsp3) is 0.414. The molecule has 12 heteroatoms. The lowest BCUT2D eigenvalue weighted by molar-refractivity contribution is -0.143. The Balaban J connectivity index is 1.70. The number of hydrogen-bond donors (Lipinski definition) is 6. The highest BCUT2D eigenvalue weighted by Gasteiger charge is 2.38. The second-order valence-electron chi connectivity index (χ2n) is 10.1. The number of guanidine groups is 1. The number of nitrogens with zero attached hydrogens (tertiary/aromatic N) is 2. The number of carbonyl (C=O) groups is 4. The number of likely N-dealkylation sites (tertiary alicyclic amines) is 1. The molecule has 220 valence electrons. The lowest BCUT2D eigenvalue weighted by atomic mass is 10.0. The van der Waals surface area contributed by atoms with E-state index in [4.69, 9.17) is 17.2 Å². The van der Waals surface area contributed by atoms with Gasteiger partial charge in [0.05, 0.1) is 6.04 Å². The van der Waals surface area contributed by atoms with E-state index in [1.54, 1.807) is 24.3 Å². The summed E-state index contributed by atoms with van der Waals surface area (Å²) in [5.41, 5.74) is 18.3. The Labute approximate surface area is 239 Å². The number of aliphatic carboxylic acids is 1. The average Bonchev–Trinajstić information content (AvgIpc) is 3.45. The van der Waals surface area contributed by atoms with Crippen LogP contribution in [0.15, 0.2) is 65.7 Å². The molecule has 2 aromatic rings. The van der Waals surface area contributed by atoms with Gasteiger partial charge in [-0.15, -0.1) is 0 Å². The largest absolute Gasteiger partial charge is 0.480 e. The van der Waals surface area contributed by atoms with Crippen molar-refractivity contribution in [1.29, 1.82) is 0 Å². The molecular formula is C29H39N7O5. The number of amides is 3. The molecule has 1 aliphatic heterocycles.